The Morgan fingerprint density at radius 3 is 2.70 bits per heavy atom. The Hall–Kier alpha value is -3.07. The van der Waals surface area contributed by atoms with Crippen molar-refractivity contribution in [1.82, 2.24) is 0 Å². The van der Waals surface area contributed by atoms with Crippen molar-refractivity contribution in [1.29, 1.82) is 5.26 Å². The van der Waals surface area contributed by atoms with E-state index in [9.17, 15) is 10.1 Å². The van der Waals surface area contributed by atoms with E-state index in [1.54, 1.807) is 37.4 Å². The predicted octanol–water partition coefficient (Wildman–Crippen LogP) is 3.30. The fourth-order valence-electron chi connectivity index (χ4n) is 1.67. The Morgan fingerprint density at radius 1 is 1.30 bits per heavy atom. The summed E-state index contributed by atoms with van der Waals surface area (Å²) in [6.45, 7) is 0. The summed E-state index contributed by atoms with van der Waals surface area (Å²) < 4.78 is 5.57. The lowest BCUT2D eigenvalue weighted by molar-refractivity contribution is -0.384. The van der Waals surface area contributed by atoms with E-state index in [2.05, 4.69) is 5.32 Å². The van der Waals surface area contributed by atoms with Crippen LogP contribution in [0.5, 0.6) is 11.5 Å². The zero-order valence-electron chi connectivity index (χ0n) is 10.7. The highest BCUT2D eigenvalue weighted by Crippen LogP contribution is 2.30. The molecule has 0 amide bonds. The third-order valence-corrected chi connectivity index (χ3v) is 2.63. The Kier molecular flexibility index (Phi) is 3.82. The van der Waals surface area contributed by atoms with Gasteiger partial charge in [-0.1, -0.05) is 12.1 Å². The molecule has 0 atom stereocenters. The second kappa shape index (κ2) is 5.71. The first-order chi connectivity index (χ1) is 9.63. The number of rotatable bonds is 4. The van der Waals surface area contributed by atoms with Crippen molar-refractivity contribution in [3.05, 3.63) is 58.1 Å². The van der Waals surface area contributed by atoms with Crippen LogP contribution in [0.15, 0.2) is 42.5 Å². The molecule has 0 unspecified atom stereocenters. The third kappa shape index (κ3) is 2.84. The molecule has 2 rings (SSSR count). The fourth-order valence-corrected chi connectivity index (χ4v) is 1.67. The Labute approximate surface area is 115 Å². The first kappa shape index (κ1) is 13.4. The number of nitro groups is 1. The van der Waals surface area contributed by atoms with Crippen LogP contribution in [-0.4, -0.2) is 12.0 Å². The molecule has 0 saturated carbocycles. The number of hydrogen-bond donors (Lipinski definition) is 1. The van der Waals surface area contributed by atoms with Gasteiger partial charge in [0, 0.05) is 24.9 Å². The number of ether oxygens (including phenoxy) is 1. The van der Waals surface area contributed by atoms with E-state index in [1.165, 1.54) is 12.1 Å². The van der Waals surface area contributed by atoms with Crippen LogP contribution in [0.3, 0.4) is 0 Å². The molecule has 0 fully saturated rings. The summed E-state index contributed by atoms with van der Waals surface area (Å²) >= 11 is 0. The maximum atomic E-state index is 10.9. The Balaban J connectivity index is 2.40. The van der Waals surface area contributed by atoms with Crippen LogP contribution in [0, 0.1) is 21.4 Å². The molecule has 0 aliphatic carbocycles. The van der Waals surface area contributed by atoms with Gasteiger partial charge in [-0.15, -0.1) is 0 Å². The summed E-state index contributed by atoms with van der Waals surface area (Å²) in [5.41, 5.74) is 0.843. The zero-order chi connectivity index (χ0) is 14.5. The number of nitro benzene ring substituents is 1. The van der Waals surface area contributed by atoms with Gasteiger partial charge >= 0.3 is 0 Å². The number of hydrogen-bond acceptors (Lipinski definition) is 5. The second-order valence-electron chi connectivity index (χ2n) is 3.93. The van der Waals surface area contributed by atoms with E-state index in [1.807, 2.05) is 6.07 Å². The van der Waals surface area contributed by atoms with Crippen molar-refractivity contribution in [2.45, 2.75) is 0 Å². The molecule has 0 aliphatic heterocycles. The summed E-state index contributed by atoms with van der Waals surface area (Å²) in [5.74, 6) is 0.656. The normalized spacial score (nSPS) is 9.60. The summed E-state index contributed by atoms with van der Waals surface area (Å²) in [5, 5.41) is 22.7. The van der Waals surface area contributed by atoms with Crippen LogP contribution < -0.4 is 10.1 Å². The highest BCUT2D eigenvalue weighted by atomic mass is 16.6. The summed E-state index contributed by atoms with van der Waals surface area (Å²) in [6.07, 6.45) is 0. The summed E-state index contributed by atoms with van der Waals surface area (Å²) in [6, 6.07) is 13.1. The molecule has 0 spiro atoms. The molecule has 0 heterocycles. The van der Waals surface area contributed by atoms with E-state index >= 15 is 0 Å². The van der Waals surface area contributed by atoms with Gasteiger partial charge in [0.05, 0.1) is 16.6 Å². The molecular weight excluding hydrogens is 258 g/mol. The molecular formula is C14H11N3O3. The maximum Gasteiger partial charge on any atom is 0.275 e. The number of benzene rings is 2. The van der Waals surface area contributed by atoms with Gasteiger partial charge in [0.2, 0.25) is 0 Å². The fraction of sp³-hybridized carbons (Fsp3) is 0.0714. The molecule has 0 radical (unpaired) electrons. The van der Waals surface area contributed by atoms with Gasteiger partial charge in [0.25, 0.3) is 5.69 Å². The first-order valence-electron chi connectivity index (χ1n) is 5.78. The molecule has 0 aromatic heterocycles. The SMILES string of the molecule is CNc1cc(Oc2ccccc2C#N)cc([N+](=O)[O-])c1. The Bertz CT molecular complexity index is 692. The van der Waals surface area contributed by atoms with Crippen molar-refractivity contribution in [2.24, 2.45) is 0 Å². The van der Waals surface area contributed by atoms with Gasteiger partial charge in [-0.3, -0.25) is 10.1 Å². The van der Waals surface area contributed by atoms with Gasteiger partial charge in [-0.2, -0.15) is 5.26 Å². The number of nitrogens with one attached hydrogen (secondary N) is 1. The first-order valence-corrected chi connectivity index (χ1v) is 5.78. The minimum Gasteiger partial charge on any atom is -0.456 e. The van der Waals surface area contributed by atoms with E-state index in [0.717, 1.165) is 0 Å². The number of para-hydroxylation sites is 1. The molecule has 6 heteroatoms. The number of anilines is 1. The molecule has 0 bridgehead atoms. The second-order valence-corrected chi connectivity index (χ2v) is 3.93. The molecule has 0 aliphatic rings. The Morgan fingerprint density at radius 2 is 2.05 bits per heavy atom. The van der Waals surface area contributed by atoms with Crippen molar-refractivity contribution in [3.8, 4) is 17.6 Å². The average Bonchev–Trinajstić information content (AvgIpc) is 2.47. The molecule has 0 saturated heterocycles. The van der Waals surface area contributed by atoms with Gasteiger partial charge in [-0.05, 0) is 12.1 Å². The predicted molar refractivity (Wildman–Crippen MR) is 73.9 cm³/mol. The number of nitriles is 1. The average molecular weight is 269 g/mol. The quantitative estimate of drug-likeness (QED) is 0.679. The van der Waals surface area contributed by atoms with E-state index in [4.69, 9.17) is 10.00 Å². The summed E-state index contributed by atoms with van der Waals surface area (Å²) in [4.78, 5) is 10.4. The number of non-ortho nitro benzene ring substituents is 1. The van der Waals surface area contributed by atoms with Crippen LogP contribution in [0.25, 0.3) is 0 Å². The van der Waals surface area contributed by atoms with E-state index in [0.29, 0.717) is 22.7 Å². The topological polar surface area (TPSA) is 88.2 Å². The monoisotopic (exact) mass is 269 g/mol. The van der Waals surface area contributed by atoms with Crippen molar-refractivity contribution < 1.29 is 9.66 Å². The molecule has 2 aromatic rings. The molecule has 6 nitrogen and oxygen atoms in total. The molecule has 2 aromatic carbocycles. The minimum absolute atomic E-state index is 0.0821. The largest absolute Gasteiger partial charge is 0.456 e. The van der Waals surface area contributed by atoms with Crippen LogP contribution in [0.2, 0.25) is 0 Å². The van der Waals surface area contributed by atoms with Crippen LogP contribution in [-0.2, 0) is 0 Å². The van der Waals surface area contributed by atoms with Gasteiger partial charge in [0.15, 0.2) is 0 Å². The van der Waals surface area contributed by atoms with Gasteiger partial charge in [-0.25, -0.2) is 0 Å². The lowest BCUT2D eigenvalue weighted by atomic mass is 10.2. The lowest BCUT2D eigenvalue weighted by Gasteiger charge is -2.09. The zero-order valence-corrected chi connectivity index (χ0v) is 10.7. The van der Waals surface area contributed by atoms with Gasteiger partial charge in [0.1, 0.15) is 17.6 Å². The van der Waals surface area contributed by atoms with Gasteiger partial charge < -0.3 is 10.1 Å². The van der Waals surface area contributed by atoms with Crippen LogP contribution in [0.1, 0.15) is 5.56 Å². The van der Waals surface area contributed by atoms with Crippen molar-refractivity contribution in [2.75, 3.05) is 12.4 Å². The standard InChI is InChI=1S/C14H11N3O3/c1-16-11-6-12(17(18)19)8-13(7-11)20-14-5-3-2-4-10(14)9-15/h2-8,16H,1H3. The molecule has 100 valence electrons. The third-order valence-electron chi connectivity index (χ3n) is 2.63. The highest BCUT2D eigenvalue weighted by molar-refractivity contribution is 5.57. The highest BCUT2D eigenvalue weighted by Gasteiger charge is 2.12. The molecule has 1 N–H and O–H groups in total. The summed E-state index contributed by atoms with van der Waals surface area (Å²) in [7, 11) is 1.66. The van der Waals surface area contributed by atoms with E-state index in [-0.39, 0.29) is 5.69 Å². The van der Waals surface area contributed by atoms with Crippen LogP contribution in [0.4, 0.5) is 11.4 Å². The number of nitrogens with zero attached hydrogens (tertiary/aromatic N) is 2. The minimum atomic E-state index is -0.496. The maximum absolute atomic E-state index is 10.9. The van der Waals surface area contributed by atoms with Crippen LogP contribution >= 0.6 is 0 Å². The van der Waals surface area contributed by atoms with Crippen molar-refractivity contribution >= 4 is 11.4 Å². The lowest BCUT2D eigenvalue weighted by Crippen LogP contribution is -1.95. The smallest absolute Gasteiger partial charge is 0.275 e. The van der Waals surface area contributed by atoms with E-state index < -0.39 is 4.92 Å². The molecule has 20 heavy (non-hydrogen) atoms. The van der Waals surface area contributed by atoms with Crippen molar-refractivity contribution in [3.63, 3.8) is 0 Å².